The van der Waals surface area contributed by atoms with Crippen molar-refractivity contribution < 1.29 is 19.2 Å². The van der Waals surface area contributed by atoms with E-state index in [0.29, 0.717) is 0 Å². The smallest absolute Gasteiger partial charge is 0.345 e. The fraction of sp³-hybridized carbons (Fsp3) is 0.176. The predicted octanol–water partition coefficient (Wildman–Crippen LogP) is 2.63. The number of benzene rings is 2. The van der Waals surface area contributed by atoms with Gasteiger partial charge in [-0.1, -0.05) is 42.5 Å². The molecule has 24 heavy (non-hydrogen) atoms. The van der Waals surface area contributed by atoms with Crippen molar-refractivity contribution in [2.75, 3.05) is 6.61 Å². The van der Waals surface area contributed by atoms with Gasteiger partial charge >= 0.3 is 5.97 Å². The molecule has 2 rings (SSSR count). The standard InChI is InChI=1S/C17H16N2O5/c1-12(13-7-3-2-4-8-13)18-16(20)11-24-17(21)14-9-5-6-10-15(14)19(22)23/h2-10,12H,11H2,1H3,(H,18,20)/t12-/m1/s1. The molecule has 0 saturated heterocycles. The number of nitrogens with zero attached hydrogens (tertiary/aromatic N) is 1. The van der Waals surface area contributed by atoms with Crippen LogP contribution >= 0.6 is 0 Å². The molecule has 0 heterocycles. The number of hydrogen-bond acceptors (Lipinski definition) is 5. The van der Waals surface area contributed by atoms with Crippen molar-refractivity contribution in [3.05, 3.63) is 75.8 Å². The van der Waals surface area contributed by atoms with E-state index in [-0.39, 0.29) is 17.3 Å². The van der Waals surface area contributed by atoms with Crippen molar-refractivity contribution >= 4 is 17.6 Å². The third-order valence-corrected chi connectivity index (χ3v) is 3.33. The van der Waals surface area contributed by atoms with Crippen LogP contribution < -0.4 is 5.32 Å². The van der Waals surface area contributed by atoms with Crippen LogP contribution in [0, 0.1) is 10.1 Å². The lowest BCUT2D eigenvalue weighted by Gasteiger charge is -2.14. The Labute approximate surface area is 138 Å². The number of esters is 1. The molecule has 0 spiro atoms. The predicted molar refractivity (Wildman–Crippen MR) is 86.4 cm³/mol. The first-order valence-electron chi connectivity index (χ1n) is 7.24. The third kappa shape index (κ3) is 4.39. The Balaban J connectivity index is 1.92. The van der Waals surface area contributed by atoms with Crippen LogP contribution in [-0.2, 0) is 9.53 Å². The second kappa shape index (κ2) is 7.87. The van der Waals surface area contributed by atoms with E-state index in [2.05, 4.69) is 5.32 Å². The topological polar surface area (TPSA) is 98.5 Å². The molecule has 0 aliphatic carbocycles. The minimum Gasteiger partial charge on any atom is -0.452 e. The first-order chi connectivity index (χ1) is 11.5. The van der Waals surface area contributed by atoms with E-state index in [9.17, 15) is 19.7 Å². The highest BCUT2D eigenvalue weighted by Crippen LogP contribution is 2.18. The van der Waals surface area contributed by atoms with Crippen LogP contribution in [0.15, 0.2) is 54.6 Å². The quantitative estimate of drug-likeness (QED) is 0.499. The molecule has 0 saturated carbocycles. The van der Waals surface area contributed by atoms with E-state index in [4.69, 9.17) is 4.74 Å². The highest BCUT2D eigenvalue weighted by atomic mass is 16.6. The Kier molecular flexibility index (Phi) is 5.62. The minimum atomic E-state index is -0.912. The second-order valence-corrected chi connectivity index (χ2v) is 5.05. The van der Waals surface area contributed by atoms with Crippen molar-refractivity contribution in [1.29, 1.82) is 0 Å². The maximum Gasteiger partial charge on any atom is 0.345 e. The fourth-order valence-corrected chi connectivity index (χ4v) is 2.12. The number of nitro groups is 1. The summed E-state index contributed by atoms with van der Waals surface area (Å²) in [4.78, 5) is 34.0. The van der Waals surface area contributed by atoms with Gasteiger partial charge < -0.3 is 10.1 Å². The van der Waals surface area contributed by atoms with Gasteiger partial charge in [-0.2, -0.15) is 0 Å². The summed E-state index contributed by atoms with van der Waals surface area (Å²) in [6.07, 6.45) is 0. The maximum absolute atomic E-state index is 11.9. The zero-order valence-electron chi connectivity index (χ0n) is 13.0. The molecule has 1 amide bonds. The lowest BCUT2D eigenvalue weighted by Crippen LogP contribution is -2.31. The van der Waals surface area contributed by atoms with Gasteiger partial charge in [0.1, 0.15) is 5.56 Å². The molecular formula is C17H16N2O5. The number of para-hydroxylation sites is 1. The Morgan fingerprint density at radius 1 is 1.12 bits per heavy atom. The SMILES string of the molecule is C[C@@H](NC(=O)COC(=O)c1ccccc1[N+](=O)[O-])c1ccccc1. The molecule has 124 valence electrons. The van der Waals surface area contributed by atoms with Crippen molar-refractivity contribution in [1.82, 2.24) is 5.32 Å². The largest absolute Gasteiger partial charge is 0.452 e. The van der Waals surface area contributed by atoms with Gasteiger partial charge in [0, 0.05) is 6.07 Å². The highest BCUT2D eigenvalue weighted by Gasteiger charge is 2.21. The number of nitro benzene ring substituents is 1. The van der Waals surface area contributed by atoms with E-state index in [1.165, 1.54) is 24.3 Å². The summed E-state index contributed by atoms with van der Waals surface area (Å²) >= 11 is 0. The van der Waals surface area contributed by atoms with Gasteiger partial charge in [-0.05, 0) is 18.6 Å². The van der Waals surface area contributed by atoms with Crippen molar-refractivity contribution in [2.24, 2.45) is 0 Å². The molecule has 1 atom stereocenters. The van der Waals surface area contributed by atoms with Gasteiger partial charge in [-0.3, -0.25) is 14.9 Å². The van der Waals surface area contributed by atoms with E-state index in [1.54, 1.807) is 6.92 Å². The molecular weight excluding hydrogens is 312 g/mol. The zero-order valence-corrected chi connectivity index (χ0v) is 13.0. The summed E-state index contributed by atoms with van der Waals surface area (Å²) in [5, 5.41) is 13.6. The highest BCUT2D eigenvalue weighted by molar-refractivity contribution is 5.95. The van der Waals surface area contributed by atoms with E-state index in [1.807, 2.05) is 30.3 Å². The van der Waals surface area contributed by atoms with Crippen molar-refractivity contribution in [3.63, 3.8) is 0 Å². The lowest BCUT2D eigenvalue weighted by molar-refractivity contribution is -0.385. The summed E-state index contributed by atoms with van der Waals surface area (Å²) in [6.45, 7) is 1.29. The summed E-state index contributed by atoms with van der Waals surface area (Å²) in [7, 11) is 0. The van der Waals surface area contributed by atoms with Gasteiger partial charge in [0.25, 0.3) is 11.6 Å². The first kappa shape index (κ1) is 17.1. The number of nitrogens with one attached hydrogen (secondary N) is 1. The van der Waals surface area contributed by atoms with Crippen molar-refractivity contribution in [3.8, 4) is 0 Å². The fourth-order valence-electron chi connectivity index (χ4n) is 2.12. The number of carbonyl (C=O) groups is 2. The molecule has 2 aromatic carbocycles. The van der Waals surface area contributed by atoms with Crippen LogP contribution in [0.2, 0.25) is 0 Å². The molecule has 0 bridgehead atoms. The Morgan fingerprint density at radius 2 is 1.75 bits per heavy atom. The number of rotatable bonds is 6. The number of hydrogen-bond donors (Lipinski definition) is 1. The van der Waals surface area contributed by atoms with Crippen LogP contribution in [-0.4, -0.2) is 23.4 Å². The van der Waals surface area contributed by atoms with Crippen LogP contribution in [0.4, 0.5) is 5.69 Å². The first-order valence-corrected chi connectivity index (χ1v) is 7.24. The molecule has 0 aromatic heterocycles. The Bertz CT molecular complexity index is 746. The summed E-state index contributed by atoms with van der Waals surface area (Å²) in [6, 6.07) is 14.5. The average Bonchev–Trinajstić information content (AvgIpc) is 2.60. The normalized spacial score (nSPS) is 11.4. The van der Waals surface area contributed by atoms with Gasteiger partial charge in [-0.25, -0.2) is 4.79 Å². The molecule has 0 aliphatic heterocycles. The molecule has 7 heteroatoms. The minimum absolute atomic E-state index is 0.189. The number of carbonyl (C=O) groups excluding carboxylic acids is 2. The Hall–Kier alpha value is -3.22. The number of ether oxygens (including phenoxy) is 1. The van der Waals surface area contributed by atoms with Gasteiger partial charge in [0.2, 0.25) is 0 Å². The summed E-state index contributed by atoms with van der Waals surface area (Å²) in [5.41, 5.74) is 0.364. The second-order valence-electron chi connectivity index (χ2n) is 5.05. The van der Waals surface area contributed by atoms with Crippen LogP contribution in [0.25, 0.3) is 0 Å². The van der Waals surface area contributed by atoms with Gasteiger partial charge in [0.15, 0.2) is 6.61 Å². The maximum atomic E-state index is 11.9. The van der Waals surface area contributed by atoms with Crippen molar-refractivity contribution in [2.45, 2.75) is 13.0 Å². The summed E-state index contributed by atoms with van der Waals surface area (Å²) in [5.74, 6) is -1.40. The van der Waals surface area contributed by atoms with Gasteiger partial charge in [-0.15, -0.1) is 0 Å². The molecule has 7 nitrogen and oxygen atoms in total. The zero-order chi connectivity index (χ0) is 17.5. The molecule has 2 aromatic rings. The summed E-state index contributed by atoms with van der Waals surface area (Å²) < 4.78 is 4.86. The molecule has 0 fully saturated rings. The Morgan fingerprint density at radius 3 is 2.42 bits per heavy atom. The molecule has 0 radical (unpaired) electrons. The molecule has 0 unspecified atom stereocenters. The van der Waals surface area contributed by atoms with E-state index < -0.39 is 23.4 Å². The monoisotopic (exact) mass is 328 g/mol. The molecule has 1 N–H and O–H groups in total. The van der Waals surface area contributed by atoms with Crippen LogP contribution in [0.5, 0.6) is 0 Å². The van der Waals surface area contributed by atoms with E-state index >= 15 is 0 Å². The third-order valence-electron chi connectivity index (χ3n) is 3.33. The van der Waals surface area contributed by atoms with Gasteiger partial charge in [0.05, 0.1) is 11.0 Å². The lowest BCUT2D eigenvalue weighted by atomic mass is 10.1. The van der Waals surface area contributed by atoms with Crippen LogP contribution in [0.3, 0.4) is 0 Å². The molecule has 0 aliphatic rings. The number of amides is 1. The average molecular weight is 328 g/mol. The van der Waals surface area contributed by atoms with Crippen LogP contribution in [0.1, 0.15) is 28.9 Å². The van der Waals surface area contributed by atoms with E-state index in [0.717, 1.165) is 5.56 Å².